The average Bonchev–Trinajstić information content (AvgIpc) is 2.55. The van der Waals surface area contributed by atoms with Crippen LogP contribution in [0.4, 0.5) is 13.2 Å². The minimum absolute atomic E-state index is 0.135. The van der Waals surface area contributed by atoms with Gasteiger partial charge < -0.3 is 0 Å². The van der Waals surface area contributed by atoms with E-state index < -0.39 is 12.1 Å². The Labute approximate surface area is 138 Å². The molecule has 3 rings (SSSR count). The van der Waals surface area contributed by atoms with Gasteiger partial charge in [-0.25, -0.2) is 0 Å². The van der Waals surface area contributed by atoms with Crippen LogP contribution in [0.5, 0.6) is 0 Å². The van der Waals surface area contributed by atoms with Gasteiger partial charge in [-0.2, -0.15) is 13.2 Å². The number of alkyl halides is 3. The minimum atomic E-state index is -4.09. The number of hydrogen-bond donors (Lipinski definition) is 0. The molecule has 1 atom stereocenters. The Kier molecular flexibility index (Phi) is 5.22. The Morgan fingerprint density at radius 1 is 0.870 bits per heavy atom. The van der Waals surface area contributed by atoms with E-state index in [0.29, 0.717) is 5.92 Å². The summed E-state index contributed by atoms with van der Waals surface area (Å²) >= 11 is 0. The van der Waals surface area contributed by atoms with E-state index in [2.05, 4.69) is 6.92 Å². The van der Waals surface area contributed by atoms with Crippen molar-refractivity contribution in [2.45, 2.75) is 70.9 Å². The highest BCUT2D eigenvalue weighted by Crippen LogP contribution is 2.44. The zero-order valence-electron chi connectivity index (χ0n) is 14.1. The van der Waals surface area contributed by atoms with Crippen LogP contribution in [0, 0.1) is 29.6 Å². The molecule has 0 amide bonds. The van der Waals surface area contributed by atoms with Gasteiger partial charge in [0, 0.05) is 0 Å². The van der Waals surface area contributed by atoms with Crippen LogP contribution < -0.4 is 0 Å². The molecule has 1 unspecified atom stereocenters. The number of halogens is 3. The van der Waals surface area contributed by atoms with E-state index in [1.807, 2.05) is 6.08 Å². The van der Waals surface area contributed by atoms with Crippen molar-refractivity contribution in [2.75, 3.05) is 0 Å². The molecule has 0 aromatic rings. The van der Waals surface area contributed by atoms with Crippen molar-refractivity contribution in [2.24, 2.45) is 29.6 Å². The Bertz CT molecular complexity index is 444. The number of hydrogen-bond acceptors (Lipinski definition) is 0. The van der Waals surface area contributed by atoms with Crippen LogP contribution >= 0.6 is 0 Å². The fourth-order valence-electron chi connectivity index (χ4n) is 4.86. The molecule has 0 saturated heterocycles. The van der Waals surface area contributed by atoms with Crippen LogP contribution in [0.2, 0.25) is 0 Å². The third-order valence-corrected chi connectivity index (χ3v) is 6.52. The maximum Gasteiger partial charge on any atom is 0.395 e. The second-order valence-corrected chi connectivity index (χ2v) is 8.08. The summed E-state index contributed by atoms with van der Waals surface area (Å²) in [5, 5.41) is 0. The highest BCUT2D eigenvalue weighted by molar-refractivity contribution is 5.27. The predicted octanol–water partition coefficient (Wildman–Crippen LogP) is 6.68. The summed E-state index contributed by atoms with van der Waals surface area (Å²) in [4.78, 5) is 0. The van der Waals surface area contributed by atoms with Gasteiger partial charge in [0.2, 0.25) is 0 Å². The van der Waals surface area contributed by atoms with Gasteiger partial charge in [0.05, 0.1) is 5.92 Å². The van der Waals surface area contributed by atoms with Crippen LogP contribution in [0.1, 0.15) is 64.7 Å². The molecule has 2 fully saturated rings. The molecular weight excluding hydrogens is 297 g/mol. The van der Waals surface area contributed by atoms with Gasteiger partial charge in [-0.3, -0.25) is 0 Å². The first-order valence-electron chi connectivity index (χ1n) is 9.38. The topological polar surface area (TPSA) is 0 Å². The average molecular weight is 326 g/mol. The Balaban J connectivity index is 1.48. The largest absolute Gasteiger partial charge is 0.395 e. The third kappa shape index (κ3) is 4.22. The van der Waals surface area contributed by atoms with E-state index in [-0.39, 0.29) is 6.42 Å². The van der Waals surface area contributed by atoms with Crippen LogP contribution in [-0.4, -0.2) is 6.18 Å². The van der Waals surface area contributed by atoms with Gasteiger partial charge >= 0.3 is 6.18 Å². The summed E-state index contributed by atoms with van der Waals surface area (Å²) in [6, 6.07) is 0. The first-order valence-corrected chi connectivity index (χ1v) is 9.38. The van der Waals surface area contributed by atoms with Gasteiger partial charge in [0.1, 0.15) is 0 Å². The zero-order valence-corrected chi connectivity index (χ0v) is 14.1. The smallest absolute Gasteiger partial charge is 0.170 e. The molecular formula is C20H29F3. The lowest BCUT2D eigenvalue weighted by molar-refractivity contribution is -0.160. The second kappa shape index (κ2) is 7.03. The van der Waals surface area contributed by atoms with E-state index in [4.69, 9.17) is 0 Å². The van der Waals surface area contributed by atoms with Crippen LogP contribution in [0.15, 0.2) is 23.8 Å². The number of allylic oxidation sites excluding steroid dienone is 4. The fraction of sp³-hybridized carbons (Fsp3) is 0.800. The first kappa shape index (κ1) is 17.1. The lowest BCUT2D eigenvalue weighted by Crippen LogP contribution is -2.26. The molecule has 0 bridgehead atoms. The lowest BCUT2D eigenvalue weighted by Gasteiger charge is -2.38. The summed E-state index contributed by atoms with van der Waals surface area (Å²) < 4.78 is 38.1. The zero-order chi connectivity index (χ0) is 16.4. The van der Waals surface area contributed by atoms with Crippen molar-refractivity contribution in [3.8, 4) is 0 Å². The van der Waals surface area contributed by atoms with E-state index >= 15 is 0 Å². The van der Waals surface area contributed by atoms with Crippen molar-refractivity contribution < 1.29 is 13.2 Å². The fourth-order valence-corrected chi connectivity index (χ4v) is 4.86. The molecule has 3 aliphatic rings. The Hall–Kier alpha value is -0.730. The maximum absolute atomic E-state index is 12.7. The molecule has 3 heteroatoms. The highest BCUT2D eigenvalue weighted by Gasteiger charge is 2.38. The van der Waals surface area contributed by atoms with E-state index in [0.717, 1.165) is 17.8 Å². The molecule has 0 N–H and O–H groups in total. The maximum atomic E-state index is 12.7. The second-order valence-electron chi connectivity index (χ2n) is 8.08. The van der Waals surface area contributed by atoms with Gasteiger partial charge in [-0.1, -0.05) is 38.0 Å². The summed E-state index contributed by atoms with van der Waals surface area (Å²) in [6.07, 6.45) is 11.5. The first-order chi connectivity index (χ1) is 10.9. The van der Waals surface area contributed by atoms with E-state index in [9.17, 15) is 13.2 Å². The number of rotatable bonds is 2. The standard InChI is InChI=1S/C20H29F3/c1-14-2-4-15(5-3-14)16-6-8-17(9-7-16)18-10-12-19(13-11-18)20(21,22)23/h10-12,14-17,19H,2-9,13H2,1H3. The van der Waals surface area contributed by atoms with Crippen molar-refractivity contribution >= 4 is 0 Å². The summed E-state index contributed by atoms with van der Waals surface area (Å²) in [5.41, 5.74) is 1.17. The molecule has 0 aromatic carbocycles. The van der Waals surface area contributed by atoms with Crippen LogP contribution in [0.25, 0.3) is 0 Å². The summed E-state index contributed by atoms with van der Waals surface area (Å²) in [5.74, 6) is 1.92. The summed E-state index contributed by atoms with van der Waals surface area (Å²) in [7, 11) is 0. The van der Waals surface area contributed by atoms with Gasteiger partial charge in [-0.15, -0.1) is 0 Å². The van der Waals surface area contributed by atoms with Crippen molar-refractivity contribution in [3.63, 3.8) is 0 Å². The molecule has 3 aliphatic carbocycles. The molecule has 0 aliphatic heterocycles. The summed E-state index contributed by atoms with van der Waals surface area (Å²) in [6.45, 7) is 2.36. The van der Waals surface area contributed by atoms with E-state index in [1.54, 1.807) is 6.08 Å². The predicted molar refractivity (Wildman–Crippen MR) is 88.0 cm³/mol. The normalized spacial score (nSPS) is 39.1. The minimum Gasteiger partial charge on any atom is -0.170 e. The van der Waals surface area contributed by atoms with E-state index in [1.165, 1.54) is 63.0 Å². The third-order valence-electron chi connectivity index (χ3n) is 6.52. The molecule has 0 nitrogen and oxygen atoms in total. The lowest BCUT2D eigenvalue weighted by atomic mass is 9.68. The molecule has 0 spiro atoms. The molecule has 0 aromatic heterocycles. The molecule has 23 heavy (non-hydrogen) atoms. The molecule has 130 valence electrons. The Morgan fingerprint density at radius 2 is 1.43 bits per heavy atom. The monoisotopic (exact) mass is 326 g/mol. The van der Waals surface area contributed by atoms with Gasteiger partial charge in [0.25, 0.3) is 0 Å². The molecule has 2 saturated carbocycles. The van der Waals surface area contributed by atoms with Gasteiger partial charge in [0.15, 0.2) is 0 Å². The SMILES string of the molecule is CC1CCC(C2CCC(C3=CCC(C(F)(F)F)C=C3)CC2)CC1. The molecule has 0 heterocycles. The van der Waals surface area contributed by atoms with Gasteiger partial charge in [-0.05, 0) is 74.2 Å². The van der Waals surface area contributed by atoms with Crippen molar-refractivity contribution in [3.05, 3.63) is 23.8 Å². The van der Waals surface area contributed by atoms with Crippen LogP contribution in [0.3, 0.4) is 0 Å². The quantitative estimate of drug-likeness (QED) is 0.530. The van der Waals surface area contributed by atoms with Crippen LogP contribution in [-0.2, 0) is 0 Å². The molecule has 0 radical (unpaired) electrons. The highest BCUT2D eigenvalue weighted by atomic mass is 19.4. The van der Waals surface area contributed by atoms with Crippen molar-refractivity contribution in [1.82, 2.24) is 0 Å². The van der Waals surface area contributed by atoms with Crippen molar-refractivity contribution in [1.29, 1.82) is 0 Å². The Morgan fingerprint density at radius 3 is 1.91 bits per heavy atom.